The first-order valence-corrected chi connectivity index (χ1v) is 5.37. The lowest BCUT2D eigenvalue weighted by Gasteiger charge is -2.10. The first-order chi connectivity index (χ1) is 9.15. The minimum absolute atomic E-state index is 0.218. The van der Waals surface area contributed by atoms with E-state index in [0.717, 1.165) is 0 Å². The Morgan fingerprint density at radius 2 is 2.16 bits per heavy atom. The second kappa shape index (κ2) is 5.34. The number of carbonyl (C=O) groups is 1. The number of carboxylic acid groups (broad SMARTS) is 1. The van der Waals surface area contributed by atoms with Gasteiger partial charge in [-0.1, -0.05) is 0 Å². The molecule has 0 spiro atoms. The lowest BCUT2D eigenvalue weighted by Crippen LogP contribution is -2.10. The van der Waals surface area contributed by atoms with Crippen molar-refractivity contribution in [1.82, 2.24) is 20.2 Å². The van der Waals surface area contributed by atoms with Gasteiger partial charge in [-0.15, -0.1) is 5.10 Å². The van der Waals surface area contributed by atoms with Crippen molar-refractivity contribution in [3.05, 3.63) is 24.0 Å². The Morgan fingerprint density at radius 3 is 2.79 bits per heavy atom. The van der Waals surface area contributed by atoms with Gasteiger partial charge in [0.25, 0.3) is 0 Å². The molecule has 0 radical (unpaired) electrons. The summed E-state index contributed by atoms with van der Waals surface area (Å²) in [5, 5.41) is 19.7. The first kappa shape index (κ1) is 12.8. The minimum atomic E-state index is -1.01. The zero-order valence-electron chi connectivity index (χ0n) is 10.4. The highest BCUT2D eigenvalue weighted by atomic mass is 16.5. The van der Waals surface area contributed by atoms with Crippen LogP contribution in [0.25, 0.3) is 5.69 Å². The first-order valence-electron chi connectivity index (χ1n) is 5.37. The average Bonchev–Trinajstić information content (AvgIpc) is 2.85. The highest BCUT2D eigenvalue weighted by Crippen LogP contribution is 2.27. The van der Waals surface area contributed by atoms with Crippen molar-refractivity contribution in [3.8, 4) is 17.2 Å². The fourth-order valence-corrected chi connectivity index (χ4v) is 1.60. The molecule has 0 atom stereocenters. The van der Waals surface area contributed by atoms with Crippen LogP contribution in [-0.4, -0.2) is 45.5 Å². The van der Waals surface area contributed by atoms with Crippen LogP contribution in [0.5, 0.6) is 11.5 Å². The Balaban J connectivity index is 2.46. The maximum absolute atomic E-state index is 10.7. The van der Waals surface area contributed by atoms with Crippen molar-refractivity contribution in [2.75, 3.05) is 14.2 Å². The summed E-state index contributed by atoms with van der Waals surface area (Å²) in [6.45, 7) is 0. The maximum Gasteiger partial charge on any atom is 0.311 e. The van der Waals surface area contributed by atoms with Crippen LogP contribution in [0.2, 0.25) is 0 Å². The SMILES string of the molecule is COc1ccc(-n2nnnc2CC(=O)O)c(OC)c1. The molecule has 1 aromatic heterocycles. The molecule has 1 heterocycles. The number of hydrogen-bond acceptors (Lipinski definition) is 6. The molecule has 1 N–H and O–H groups in total. The van der Waals surface area contributed by atoms with Gasteiger partial charge in [0.15, 0.2) is 5.82 Å². The second-order valence-corrected chi connectivity index (χ2v) is 3.62. The van der Waals surface area contributed by atoms with E-state index >= 15 is 0 Å². The van der Waals surface area contributed by atoms with Crippen LogP contribution in [0, 0.1) is 0 Å². The summed E-state index contributed by atoms with van der Waals surface area (Å²) in [7, 11) is 3.04. The molecule has 8 heteroatoms. The van der Waals surface area contributed by atoms with Gasteiger partial charge in [-0.3, -0.25) is 4.79 Å². The van der Waals surface area contributed by atoms with Crippen LogP contribution in [0.15, 0.2) is 18.2 Å². The number of ether oxygens (including phenoxy) is 2. The smallest absolute Gasteiger partial charge is 0.311 e. The monoisotopic (exact) mass is 264 g/mol. The zero-order chi connectivity index (χ0) is 13.8. The Hall–Kier alpha value is -2.64. The van der Waals surface area contributed by atoms with Crippen LogP contribution >= 0.6 is 0 Å². The molecule has 0 aliphatic carbocycles. The normalized spacial score (nSPS) is 10.2. The molecule has 0 aliphatic heterocycles. The molecule has 19 heavy (non-hydrogen) atoms. The Morgan fingerprint density at radius 1 is 1.37 bits per heavy atom. The van der Waals surface area contributed by atoms with E-state index in [2.05, 4.69) is 15.5 Å². The van der Waals surface area contributed by atoms with Crippen molar-refractivity contribution >= 4 is 5.97 Å². The molecule has 1 aromatic carbocycles. The topological polar surface area (TPSA) is 99.4 Å². The molecule has 0 fully saturated rings. The summed E-state index contributed by atoms with van der Waals surface area (Å²) < 4.78 is 11.6. The van der Waals surface area contributed by atoms with Gasteiger partial charge < -0.3 is 14.6 Å². The molecule has 100 valence electrons. The zero-order valence-corrected chi connectivity index (χ0v) is 10.4. The van der Waals surface area contributed by atoms with Crippen LogP contribution < -0.4 is 9.47 Å². The van der Waals surface area contributed by atoms with Gasteiger partial charge in [0, 0.05) is 6.07 Å². The van der Waals surface area contributed by atoms with E-state index in [4.69, 9.17) is 14.6 Å². The number of aliphatic carboxylic acids is 1. The molecular weight excluding hydrogens is 252 g/mol. The van der Waals surface area contributed by atoms with Gasteiger partial charge in [0.2, 0.25) is 0 Å². The van der Waals surface area contributed by atoms with E-state index in [1.807, 2.05) is 0 Å². The number of hydrogen-bond donors (Lipinski definition) is 1. The molecule has 2 rings (SSSR count). The standard InChI is InChI=1S/C11H12N4O4/c1-18-7-3-4-8(9(5-7)19-2)15-10(6-11(16)17)12-13-14-15/h3-5H,6H2,1-2H3,(H,16,17). The summed E-state index contributed by atoms with van der Waals surface area (Å²) in [5.41, 5.74) is 0.546. The van der Waals surface area contributed by atoms with Gasteiger partial charge in [0.1, 0.15) is 23.6 Å². The summed E-state index contributed by atoms with van der Waals surface area (Å²) in [5.74, 6) is 0.311. The molecule has 0 saturated heterocycles. The van der Waals surface area contributed by atoms with E-state index in [-0.39, 0.29) is 12.2 Å². The summed E-state index contributed by atoms with van der Waals surface area (Å²) in [4.78, 5) is 10.7. The van der Waals surface area contributed by atoms with Gasteiger partial charge in [-0.2, -0.15) is 4.68 Å². The summed E-state index contributed by atoms with van der Waals surface area (Å²) in [6.07, 6.45) is -0.276. The molecule has 0 amide bonds. The van der Waals surface area contributed by atoms with Crippen molar-refractivity contribution in [1.29, 1.82) is 0 Å². The van der Waals surface area contributed by atoms with Gasteiger partial charge in [0.05, 0.1) is 14.2 Å². The van der Waals surface area contributed by atoms with E-state index < -0.39 is 5.97 Å². The summed E-state index contributed by atoms with van der Waals surface area (Å²) >= 11 is 0. The van der Waals surface area contributed by atoms with Crippen LogP contribution in [0.4, 0.5) is 0 Å². The Kier molecular flexibility index (Phi) is 3.60. The molecule has 0 unspecified atom stereocenters. The average molecular weight is 264 g/mol. The highest BCUT2D eigenvalue weighted by molar-refractivity contribution is 5.69. The van der Waals surface area contributed by atoms with Gasteiger partial charge in [-0.05, 0) is 22.6 Å². The molecule has 2 aromatic rings. The maximum atomic E-state index is 10.7. The van der Waals surface area contributed by atoms with Gasteiger partial charge in [-0.25, -0.2) is 0 Å². The van der Waals surface area contributed by atoms with Crippen LogP contribution in [-0.2, 0) is 11.2 Å². The Labute approximate surface area is 108 Å². The van der Waals surface area contributed by atoms with E-state index in [1.54, 1.807) is 25.3 Å². The predicted molar refractivity (Wildman–Crippen MR) is 63.6 cm³/mol. The van der Waals surface area contributed by atoms with Crippen LogP contribution in [0.3, 0.4) is 0 Å². The highest BCUT2D eigenvalue weighted by Gasteiger charge is 2.15. The fraction of sp³-hybridized carbons (Fsp3) is 0.273. The predicted octanol–water partition coefficient (Wildman–Crippen LogP) is 0.307. The summed E-state index contributed by atoms with van der Waals surface area (Å²) in [6, 6.07) is 5.07. The quantitative estimate of drug-likeness (QED) is 0.829. The van der Waals surface area contributed by atoms with Crippen LogP contribution in [0.1, 0.15) is 5.82 Å². The number of nitrogens with zero attached hydrogens (tertiary/aromatic N) is 4. The van der Waals surface area contributed by atoms with Crippen molar-refractivity contribution in [2.45, 2.75) is 6.42 Å². The number of rotatable bonds is 5. The van der Waals surface area contributed by atoms with Crippen molar-refractivity contribution in [3.63, 3.8) is 0 Å². The third-order valence-electron chi connectivity index (χ3n) is 2.46. The number of aromatic nitrogens is 4. The molecule has 0 bridgehead atoms. The van der Waals surface area contributed by atoms with Crippen molar-refractivity contribution < 1.29 is 19.4 Å². The largest absolute Gasteiger partial charge is 0.497 e. The molecular formula is C11H12N4O4. The van der Waals surface area contributed by atoms with Crippen molar-refractivity contribution in [2.24, 2.45) is 0 Å². The number of benzene rings is 1. The lowest BCUT2D eigenvalue weighted by atomic mass is 10.2. The number of tetrazole rings is 1. The minimum Gasteiger partial charge on any atom is -0.497 e. The third-order valence-corrected chi connectivity index (χ3v) is 2.46. The van der Waals surface area contributed by atoms with E-state index in [1.165, 1.54) is 11.8 Å². The lowest BCUT2D eigenvalue weighted by molar-refractivity contribution is -0.136. The second-order valence-electron chi connectivity index (χ2n) is 3.62. The van der Waals surface area contributed by atoms with E-state index in [9.17, 15) is 4.79 Å². The molecule has 0 aliphatic rings. The molecule has 0 saturated carbocycles. The number of methoxy groups -OCH3 is 2. The fourth-order valence-electron chi connectivity index (χ4n) is 1.60. The van der Waals surface area contributed by atoms with Gasteiger partial charge >= 0.3 is 5.97 Å². The molecule has 8 nitrogen and oxygen atoms in total. The Bertz CT molecular complexity index is 596. The van der Waals surface area contributed by atoms with E-state index in [0.29, 0.717) is 17.2 Å². The third kappa shape index (κ3) is 2.62. The number of carboxylic acids is 1.